The molecule has 0 nitrogen and oxygen atoms in total. The Balaban J connectivity index is 0.00000137. The van der Waals surface area contributed by atoms with Gasteiger partial charge in [0.25, 0.3) is 0 Å². The van der Waals surface area contributed by atoms with E-state index in [1.165, 1.54) is 16.7 Å². The fourth-order valence-corrected chi connectivity index (χ4v) is 28.5. The molecule has 4 aromatic rings. The summed E-state index contributed by atoms with van der Waals surface area (Å²) in [5, 5.41) is 1.62. The molecule has 1 unspecified atom stereocenters. The first-order valence-corrected chi connectivity index (χ1v) is 20.0. The van der Waals surface area contributed by atoms with Gasteiger partial charge in [0.2, 0.25) is 0 Å². The molecule has 0 amide bonds. The van der Waals surface area contributed by atoms with Crippen LogP contribution >= 0.6 is 0 Å². The van der Waals surface area contributed by atoms with Gasteiger partial charge in [-0.15, -0.1) is 0 Å². The first kappa shape index (κ1) is 25.4. The zero-order valence-corrected chi connectivity index (χ0v) is 24.3. The van der Waals surface area contributed by atoms with E-state index in [2.05, 4.69) is 123 Å². The Morgan fingerprint density at radius 1 is 0.588 bits per heavy atom. The van der Waals surface area contributed by atoms with Crippen molar-refractivity contribution in [3.05, 3.63) is 131 Å². The smallest absolute Gasteiger partial charge is 1.00 e. The van der Waals surface area contributed by atoms with Crippen molar-refractivity contribution in [2.75, 3.05) is 0 Å². The summed E-state index contributed by atoms with van der Waals surface area (Å²) >= 11 is -2.20. The fourth-order valence-electron chi connectivity index (χ4n) is 5.84. The molecule has 168 valence electrons. The molecule has 4 aromatic carbocycles. The van der Waals surface area contributed by atoms with Crippen molar-refractivity contribution in [1.82, 2.24) is 0 Å². The Kier molecular flexibility index (Phi) is 7.85. The Bertz CT molecular complexity index is 1360. The van der Waals surface area contributed by atoms with Gasteiger partial charge in [0, 0.05) is 0 Å². The maximum Gasteiger partial charge on any atom is -1.00 e. The minimum Gasteiger partial charge on any atom is -1.00 e. The van der Waals surface area contributed by atoms with E-state index in [4.69, 9.17) is 0 Å². The third-order valence-corrected chi connectivity index (χ3v) is 27.7. The van der Waals surface area contributed by atoms with E-state index in [1.54, 1.807) is 27.5 Å². The summed E-state index contributed by atoms with van der Waals surface area (Å²) < 4.78 is 1.26. The van der Waals surface area contributed by atoms with Crippen LogP contribution in [0.3, 0.4) is 0 Å². The zero-order chi connectivity index (χ0) is 21.7. The molecule has 0 radical (unpaired) electrons. The molecule has 0 aromatic heterocycles. The van der Waals surface area contributed by atoms with E-state index < -0.39 is 25.8 Å². The van der Waals surface area contributed by atoms with Crippen molar-refractivity contribution in [3.63, 3.8) is 0 Å². The summed E-state index contributed by atoms with van der Waals surface area (Å²) in [6, 6.07) is 39.2. The number of allylic oxidation sites excluding steroid dienone is 1. The van der Waals surface area contributed by atoms with Crippen molar-refractivity contribution in [2.24, 2.45) is 0 Å². The maximum atomic E-state index is 2.63. The Hall–Kier alpha value is -1.70. The first-order valence-electron chi connectivity index (χ1n) is 11.5. The quantitative estimate of drug-likeness (QED) is 0.321. The first-order chi connectivity index (χ1) is 15.7. The molecule has 0 fully saturated rings. The van der Waals surface area contributed by atoms with E-state index in [-0.39, 0.29) is 24.8 Å². The topological polar surface area (TPSA) is 0 Å². The van der Waals surface area contributed by atoms with Gasteiger partial charge >= 0.3 is 200 Å². The minimum absolute atomic E-state index is 0. The molecular formula is C30H26Cl2SiZr. The van der Waals surface area contributed by atoms with Crippen molar-refractivity contribution in [3.8, 4) is 11.1 Å². The molecule has 4 heteroatoms. The number of benzene rings is 4. The van der Waals surface area contributed by atoms with Crippen LogP contribution in [-0.2, 0) is 20.4 Å². The van der Waals surface area contributed by atoms with Gasteiger partial charge in [0.15, 0.2) is 0 Å². The van der Waals surface area contributed by atoms with Gasteiger partial charge in [-0.25, -0.2) is 0 Å². The molecule has 34 heavy (non-hydrogen) atoms. The van der Waals surface area contributed by atoms with E-state index in [1.807, 2.05) is 0 Å². The third-order valence-electron chi connectivity index (χ3n) is 7.24. The normalized spacial score (nSPS) is 15.8. The fraction of sp³-hybridized carbons (Fsp3) is 0.133. The molecule has 0 spiro atoms. The summed E-state index contributed by atoms with van der Waals surface area (Å²) in [5.74, 6) is 0. The van der Waals surface area contributed by atoms with Crippen LogP contribution in [0, 0.1) is 0 Å². The van der Waals surface area contributed by atoms with E-state index in [9.17, 15) is 0 Å². The molecule has 2 aliphatic carbocycles. The summed E-state index contributed by atoms with van der Waals surface area (Å²) in [6.07, 6.45) is 2.48. The Morgan fingerprint density at radius 2 is 1.09 bits per heavy atom. The van der Waals surface area contributed by atoms with Crippen molar-refractivity contribution < 1.29 is 45.2 Å². The molecule has 2 aliphatic rings. The van der Waals surface area contributed by atoms with Crippen LogP contribution in [0.2, 0.25) is 6.55 Å². The van der Waals surface area contributed by atoms with Gasteiger partial charge in [0.1, 0.15) is 0 Å². The van der Waals surface area contributed by atoms with Crippen LogP contribution in [0.15, 0.2) is 109 Å². The summed E-state index contributed by atoms with van der Waals surface area (Å²) in [5.41, 5.74) is 10.1. The number of fused-ring (bicyclic) bond motifs is 4. The van der Waals surface area contributed by atoms with Gasteiger partial charge in [-0.05, 0) is 0 Å². The molecule has 0 N–H and O–H groups in total. The summed E-state index contributed by atoms with van der Waals surface area (Å²) in [7, 11) is 0. The monoisotopic (exact) mass is 574 g/mol. The van der Waals surface area contributed by atoms with Gasteiger partial charge in [-0.1, -0.05) is 0 Å². The molecule has 0 aliphatic heterocycles. The van der Waals surface area contributed by atoms with Crippen molar-refractivity contribution in [1.29, 1.82) is 0 Å². The zero-order valence-electron chi connectivity index (χ0n) is 19.3. The second-order valence-electron chi connectivity index (χ2n) is 9.00. The molecular weight excluding hydrogens is 551 g/mol. The van der Waals surface area contributed by atoms with Gasteiger partial charge in [0.05, 0.1) is 0 Å². The summed E-state index contributed by atoms with van der Waals surface area (Å²) in [6.45, 7) is 5.03. The average Bonchev–Trinajstić information content (AvgIpc) is 3.35. The second kappa shape index (κ2) is 10.5. The largest absolute Gasteiger partial charge is 1.00 e. The van der Waals surface area contributed by atoms with Crippen LogP contribution in [0.1, 0.15) is 36.4 Å². The van der Waals surface area contributed by atoms with Gasteiger partial charge < -0.3 is 24.8 Å². The van der Waals surface area contributed by atoms with Crippen molar-refractivity contribution in [2.45, 2.75) is 20.7 Å². The van der Waals surface area contributed by atoms with Gasteiger partial charge in [-0.3, -0.25) is 0 Å². The van der Waals surface area contributed by atoms with Crippen LogP contribution in [0.5, 0.6) is 0 Å². The Morgan fingerprint density at radius 3 is 1.71 bits per heavy atom. The molecule has 0 bridgehead atoms. The number of rotatable bonds is 3. The van der Waals surface area contributed by atoms with E-state index >= 15 is 0 Å². The van der Waals surface area contributed by atoms with Crippen LogP contribution in [0.4, 0.5) is 0 Å². The number of hydrogen-bond acceptors (Lipinski definition) is 0. The SMILES string of the molecule is CC1=Cc2ccccc2[CH]1/[Zr+2]([CH]1c2ccccc2-c2ccccc21)=[Si](\C)c1ccccc1.[Cl-].[Cl-]. The van der Waals surface area contributed by atoms with Crippen LogP contribution in [-0.4, -0.2) is 5.43 Å². The molecule has 0 saturated carbocycles. The number of hydrogen-bond donors (Lipinski definition) is 0. The second-order valence-corrected chi connectivity index (χ2v) is 24.9. The standard InChI is InChI=1S/C13H9.C10H9.C7H8Si.2ClH.Zr/c1-3-7-12-10(5-1)9-11-6-2-4-8-13(11)12;1-8-6-9-4-2-3-5-10(9)7-8;1-8-7-5-3-2-4-6-7;;;/h1-9H;2-7H,1H3;2-6H,1H3;2*1H;/q;;;;;+2/p-2. The van der Waals surface area contributed by atoms with E-state index in [0.29, 0.717) is 7.25 Å². The molecule has 1 atom stereocenters. The third kappa shape index (κ3) is 4.14. The van der Waals surface area contributed by atoms with Gasteiger partial charge in [-0.2, -0.15) is 0 Å². The minimum atomic E-state index is -2.20. The van der Waals surface area contributed by atoms with Crippen LogP contribution in [0.25, 0.3) is 17.2 Å². The molecule has 6 rings (SSSR count). The molecule has 0 heterocycles. The predicted molar refractivity (Wildman–Crippen MR) is 134 cm³/mol. The molecule has 0 saturated heterocycles. The Labute approximate surface area is 223 Å². The van der Waals surface area contributed by atoms with E-state index in [0.717, 1.165) is 0 Å². The predicted octanol–water partition coefficient (Wildman–Crippen LogP) is 1.07. The average molecular weight is 577 g/mol. The van der Waals surface area contributed by atoms with Crippen LogP contribution < -0.4 is 30.0 Å². The number of halogens is 2. The maximum absolute atomic E-state index is 2.63. The van der Waals surface area contributed by atoms with Crippen molar-refractivity contribution >= 4 is 16.7 Å². The summed E-state index contributed by atoms with van der Waals surface area (Å²) in [4.78, 5) is 0.